The number of aromatic nitrogens is 1. The Morgan fingerprint density at radius 1 is 1.43 bits per heavy atom. The molecule has 0 N–H and O–H groups in total. The summed E-state index contributed by atoms with van der Waals surface area (Å²) in [6.45, 7) is 2.69. The fourth-order valence-electron chi connectivity index (χ4n) is 2.31. The third-order valence-electron chi connectivity index (χ3n) is 3.31. The summed E-state index contributed by atoms with van der Waals surface area (Å²) in [7, 11) is 0. The van der Waals surface area contributed by atoms with E-state index >= 15 is 0 Å². The zero-order chi connectivity index (χ0) is 15.0. The number of rotatable bonds is 4. The van der Waals surface area contributed by atoms with E-state index in [2.05, 4.69) is 15.9 Å². The zero-order valence-electron chi connectivity index (χ0n) is 11.3. The van der Waals surface area contributed by atoms with Gasteiger partial charge in [0.05, 0.1) is 10.9 Å². The van der Waals surface area contributed by atoms with Gasteiger partial charge in [-0.05, 0) is 51.5 Å². The van der Waals surface area contributed by atoms with Crippen LogP contribution in [-0.4, -0.2) is 4.57 Å². The predicted molar refractivity (Wildman–Crippen MR) is 90.5 cm³/mol. The Labute approximate surface area is 139 Å². The van der Waals surface area contributed by atoms with Gasteiger partial charge < -0.3 is 4.42 Å². The first-order valence-electron chi connectivity index (χ1n) is 6.62. The number of aryl methyl sites for hydroxylation is 1. The first-order valence-corrected chi connectivity index (χ1v) is 8.73. The molecule has 1 unspecified atom stereocenters. The molecule has 21 heavy (non-hydrogen) atoms. The third-order valence-corrected chi connectivity index (χ3v) is 5.84. The molecule has 3 aromatic rings. The second-order valence-electron chi connectivity index (χ2n) is 4.74. The molecule has 0 radical (unpaired) electrons. The lowest BCUT2D eigenvalue weighted by molar-refractivity contribution is 0.502. The highest BCUT2D eigenvalue weighted by Gasteiger charge is 2.17. The van der Waals surface area contributed by atoms with E-state index < -0.39 is 0 Å². The fourth-order valence-corrected chi connectivity index (χ4v) is 4.46. The lowest BCUT2D eigenvalue weighted by Gasteiger charge is -2.08. The minimum absolute atomic E-state index is 0.261. The topological polar surface area (TPSA) is 35.1 Å². The fraction of sp³-hybridized carbons (Fsp3) is 0.267. The van der Waals surface area contributed by atoms with E-state index in [0.29, 0.717) is 12.1 Å². The lowest BCUT2D eigenvalue weighted by Crippen LogP contribution is -2.13. The summed E-state index contributed by atoms with van der Waals surface area (Å²) in [6.07, 6.45) is 0.885. The van der Waals surface area contributed by atoms with E-state index in [9.17, 15) is 4.79 Å². The quantitative estimate of drug-likeness (QED) is 0.581. The first-order chi connectivity index (χ1) is 10.1. The molecular weight excluding hydrogens is 374 g/mol. The Hall–Kier alpha value is -1.04. The highest BCUT2D eigenvalue weighted by atomic mass is 79.9. The maximum atomic E-state index is 11.9. The van der Waals surface area contributed by atoms with Crippen molar-refractivity contribution in [1.29, 1.82) is 0 Å². The molecule has 0 aliphatic carbocycles. The molecule has 2 heterocycles. The van der Waals surface area contributed by atoms with Crippen molar-refractivity contribution in [1.82, 2.24) is 4.57 Å². The van der Waals surface area contributed by atoms with Crippen molar-refractivity contribution < 1.29 is 4.42 Å². The summed E-state index contributed by atoms with van der Waals surface area (Å²) in [4.78, 5) is 12.9. The summed E-state index contributed by atoms with van der Waals surface area (Å²) in [5, 5.41) is 1.73. The van der Waals surface area contributed by atoms with Gasteiger partial charge in [-0.3, -0.25) is 4.57 Å². The smallest absolute Gasteiger partial charge is 0.408 e. The molecule has 0 saturated carbocycles. The Kier molecular flexibility index (Phi) is 4.24. The minimum atomic E-state index is -0.313. The Morgan fingerprint density at radius 2 is 2.24 bits per heavy atom. The van der Waals surface area contributed by atoms with Gasteiger partial charge in [0.25, 0.3) is 0 Å². The van der Waals surface area contributed by atoms with Crippen molar-refractivity contribution in [2.24, 2.45) is 0 Å². The number of halogens is 2. The van der Waals surface area contributed by atoms with Crippen molar-refractivity contribution in [3.8, 4) is 0 Å². The molecule has 3 rings (SSSR count). The van der Waals surface area contributed by atoms with Crippen molar-refractivity contribution in [2.45, 2.75) is 25.3 Å². The van der Waals surface area contributed by atoms with Gasteiger partial charge in [0.2, 0.25) is 0 Å². The maximum absolute atomic E-state index is 11.9. The largest absolute Gasteiger partial charge is 0.419 e. The first kappa shape index (κ1) is 14.9. The van der Waals surface area contributed by atoms with Crippen LogP contribution in [0.5, 0.6) is 0 Å². The summed E-state index contributed by atoms with van der Waals surface area (Å²) in [5.74, 6) is -0.313. The number of nitrogens with zero attached hydrogens (tertiary/aromatic N) is 1. The molecule has 1 atom stereocenters. The second kappa shape index (κ2) is 5.99. The van der Waals surface area contributed by atoms with Crippen molar-refractivity contribution in [2.75, 3.05) is 0 Å². The monoisotopic (exact) mass is 385 g/mol. The van der Waals surface area contributed by atoms with E-state index in [1.54, 1.807) is 15.9 Å². The highest BCUT2D eigenvalue weighted by Crippen LogP contribution is 2.38. The summed E-state index contributed by atoms with van der Waals surface area (Å²) < 4.78 is 7.98. The number of hydrogen-bond acceptors (Lipinski definition) is 3. The van der Waals surface area contributed by atoms with Gasteiger partial charge in [0.15, 0.2) is 5.58 Å². The van der Waals surface area contributed by atoms with Crippen LogP contribution in [0.25, 0.3) is 11.1 Å². The van der Waals surface area contributed by atoms with Crippen LogP contribution >= 0.6 is 38.9 Å². The molecule has 3 nitrogen and oxygen atoms in total. The molecule has 6 heteroatoms. The average Bonchev–Trinajstić information content (AvgIpc) is 3.02. The lowest BCUT2D eigenvalue weighted by atomic mass is 10.1. The highest BCUT2D eigenvalue weighted by molar-refractivity contribution is 9.10. The van der Waals surface area contributed by atoms with Crippen LogP contribution in [0.3, 0.4) is 0 Å². The predicted octanol–water partition coefficient (Wildman–Crippen LogP) is 5.16. The van der Waals surface area contributed by atoms with Crippen molar-refractivity contribution in [3.63, 3.8) is 0 Å². The zero-order valence-corrected chi connectivity index (χ0v) is 14.5. The maximum Gasteiger partial charge on any atom is 0.419 e. The van der Waals surface area contributed by atoms with Gasteiger partial charge in [0.1, 0.15) is 0 Å². The van der Waals surface area contributed by atoms with Crippen molar-refractivity contribution >= 4 is 50.0 Å². The van der Waals surface area contributed by atoms with E-state index in [-0.39, 0.29) is 11.1 Å². The summed E-state index contributed by atoms with van der Waals surface area (Å²) in [6, 6.07) is 7.69. The van der Waals surface area contributed by atoms with Gasteiger partial charge in [-0.2, -0.15) is 0 Å². The molecule has 0 bridgehead atoms. The minimum Gasteiger partial charge on any atom is -0.408 e. The molecule has 0 aliphatic heterocycles. The average molecular weight is 387 g/mol. The van der Waals surface area contributed by atoms with Crippen LogP contribution in [0, 0.1) is 0 Å². The van der Waals surface area contributed by atoms with Crippen LogP contribution in [0.15, 0.2) is 43.3 Å². The Morgan fingerprint density at radius 3 is 2.90 bits per heavy atom. The van der Waals surface area contributed by atoms with Crippen molar-refractivity contribution in [3.05, 3.63) is 55.1 Å². The molecule has 0 aliphatic rings. The molecule has 1 aromatic carbocycles. The van der Waals surface area contributed by atoms with Gasteiger partial charge in [-0.15, -0.1) is 22.9 Å². The molecular formula is C15H13BrClNO2S. The molecule has 0 fully saturated rings. The molecule has 0 spiro atoms. The van der Waals surface area contributed by atoms with Crippen LogP contribution in [0.1, 0.15) is 29.2 Å². The number of alkyl halides is 1. The molecule has 0 amide bonds. The van der Waals surface area contributed by atoms with E-state index in [1.165, 1.54) is 0 Å². The van der Waals surface area contributed by atoms with E-state index in [1.807, 2.05) is 36.6 Å². The standard InChI is InChI=1S/C15H13BrClNO2S/c1-2-6-18-11-4-3-9(8-12(11)20-15(18)19)13(17)14-10(16)5-7-21-14/h3-5,7-8,13H,2,6H2,1H3. The number of fused-ring (bicyclic) bond motifs is 1. The number of benzene rings is 1. The number of oxazole rings is 1. The molecule has 110 valence electrons. The van der Waals surface area contributed by atoms with Crippen LogP contribution < -0.4 is 5.76 Å². The number of hydrogen-bond donors (Lipinski definition) is 0. The SMILES string of the molecule is CCCn1c(=O)oc2cc(C(Cl)c3sccc3Br)ccc21. The second-order valence-corrected chi connectivity index (χ2v) is 6.98. The Balaban J connectivity index is 2.06. The van der Waals surface area contributed by atoms with Gasteiger partial charge >= 0.3 is 5.76 Å². The van der Waals surface area contributed by atoms with Crippen LogP contribution in [0.2, 0.25) is 0 Å². The summed E-state index contributed by atoms with van der Waals surface area (Å²) >= 11 is 11.6. The van der Waals surface area contributed by atoms with Gasteiger partial charge in [0, 0.05) is 15.9 Å². The van der Waals surface area contributed by atoms with Gasteiger partial charge in [-0.1, -0.05) is 13.0 Å². The summed E-state index contributed by atoms with van der Waals surface area (Å²) in [5.41, 5.74) is 2.33. The van der Waals surface area contributed by atoms with E-state index in [0.717, 1.165) is 26.9 Å². The van der Waals surface area contributed by atoms with Crippen LogP contribution in [-0.2, 0) is 6.54 Å². The van der Waals surface area contributed by atoms with Crippen LogP contribution in [0.4, 0.5) is 0 Å². The molecule has 2 aromatic heterocycles. The van der Waals surface area contributed by atoms with E-state index in [4.69, 9.17) is 16.0 Å². The van der Waals surface area contributed by atoms with Gasteiger partial charge in [-0.25, -0.2) is 4.79 Å². The third kappa shape index (κ3) is 2.70. The molecule has 0 saturated heterocycles. The normalized spacial score (nSPS) is 12.9. The Bertz CT molecular complexity index is 836. The number of thiophene rings is 1.